The third-order valence-electron chi connectivity index (χ3n) is 1.91. The summed E-state index contributed by atoms with van der Waals surface area (Å²) in [5.74, 6) is 0.0661. The topological polar surface area (TPSA) is 57.5 Å². The molecule has 0 fully saturated rings. The second-order valence-electron chi connectivity index (χ2n) is 3.15. The van der Waals surface area contributed by atoms with Crippen molar-refractivity contribution in [2.45, 2.75) is 24.3 Å². The van der Waals surface area contributed by atoms with Crippen LogP contribution in [-0.4, -0.2) is 21.9 Å². The average Bonchev–Trinajstić information content (AvgIpc) is 2.25. The van der Waals surface area contributed by atoms with Crippen LogP contribution in [-0.2, 0) is 11.4 Å². The van der Waals surface area contributed by atoms with E-state index in [0.29, 0.717) is 6.42 Å². The summed E-state index contributed by atoms with van der Waals surface area (Å²) in [6.45, 7) is 0.0595. The first-order chi connectivity index (χ1) is 7.22. The third kappa shape index (κ3) is 4.85. The van der Waals surface area contributed by atoms with Crippen LogP contribution >= 0.6 is 11.8 Å². The molecule has 0 spiro atoms. The standard InChI is InChI=1S/C11H14O3S/c12-8-9-3-5-10(6-4-9)15-7-1-2-11(13)14/h3-6,12H,1-2,7-8H2,(H,13,14). The lowest BCUT2D eigenvalue weighted by Gasteiger charge is -2.01. The van der Waals surface area contributed by atoms with Crippen molar-refractivity contribution in [3.8, 4) is 0 Å². The number of aliphatic hydroxyl groups is 1. The third-order valence-corrected chi connectivity index (χ3v) is 3.01. The van der Waals surface area contributed by atoms with Crippen molar-refractivity contribution < 1.29 is 15.0 Å². The lowest BCUT2D eigenvalue weighted by Crippen LogP contribution is -1.94. The maximum Gasteiger partial charge on any atom is 0.303 e. The molecule has 2 N–H and O–H groups in total. The van der Waals surface area contributed by atoms with E-state index in [1.54, 1.807) is 11.8 Å². The Labute approximate surface area is 93.1 Å². The van der Waals surface area contributed by atoms with Crippen LogP contribution < -0.4 is 0 Å². The molecule has 0 aliphatic carbocycles. The SMILES string of the molecule is O=C(O)CCCSc1ccc(CO)cc1. The lowest BCUT2D eigenvalue weighted by atomic mass is 10.2. The molecular weight excluding hydrogens is 212 g/mol. The fourth-order valence-corrected chi connectivity index (χ4v) is 1.96. The van der Waals surface area contributed by atoms with Crippen LogP contribution in [0, 0.1) is 0 Å². The predicted octanol–water partition coefficient (Wildman–Crippen LogP) is 2.14. The number of aliphatic hydroxyl groups excluding tert-OH is 1. The molecule has 4 heteroatoms. The van der Waals surface area contributed by atoms with E-state index in [1.165, 1.54) is 0 Å². The number of carboxylic acid groups (broad SMARTS) is 1. The Morgan fingerprint density at radius 2 is 1.93 bits per heavy atom. The molecule has 0 aliphatic heterocycles. The van der Waals surface area contributed by atoms with E-state index in [2.05, 4.69) is 0 Å². The van der Waals surface area contributed by atoms with Gasteiger partial charge in [0.1, 0.15) is 0 Å². The van der Waals surface area contributed by atoms with Gasteiger partial charge in [0, 0.05) is 11.3 Å². The highest BCUT2D eigenvalue weighted by Gasteiger charge is 1.98. The summed E-state index contributed by atoms with van der Waals surface area (Å²) in [4.78, 5) is 11.4. The van der Waals surface area contributed by atoms with Crippen LogP contribution in [0.3, 0.4) is 0 Å². The molecule has 0 saturated heterocycles. The van der Waals surface area contributed by atoms with E-state index < -0.39 is 5.97 Å². The van der Waals surface area contributed by atoms with Crippen LogP contribution in [0.2, 0.25) is 0 Å². The number of hydrogen-bond acceptors (Lipinski definition) is 3. The zero-order valence-electron chi connectivity index (χ0n) is 8.35. The van der Waals surface area contributed by atoms with E-state index >= 15 is 0 Å². The lowest BCUT2D eigenvalue weighted by molar-refractivity contribution is -0.137. The molecular formula is C11H14O3S. The van der Waals surface area contributed by atoms with Crippen LogP contribution in [0.15, 0.2) is 29.2 Å². The van der Waals surface area contributed by atoms with E-state index in [-0.39, 0.29) is 13.0 Å². The average molecular weight is 226 g/mol. The second kappa shape index (κ2) is 6.48. The minimum absolute atomic E-state index is 0.0595. The van der Waals surface area contributed by atoms with Crippen molar-refractivity contribution in [2.75, 3.05) is 5.75 Å². The fourth-order valence-electron chi connectivity index (χ4n) is 1.10. The smallest absolute Gasteiger partial charge is 0.303 e. The van der Waals surface area contributed by atoms with Crippen molar-refractivity contribution in [1.29, 1.82) is 0 Å². The monoisotopic (exact) mass is 226 g/mol. The summed E-state index contributed by atoms with van der Waals surface area (Å²) >= 11 is 1.64. The summed E-state index contributed by atoms with van der Waals surface area (Å²) in [6.07, 6.45) is 0.906. The van der Waals surface area contributed by atoms with Gasteiger partial charge in [0.2, 0.25) is 0 Å². The number of hydrogen-bond donors (Lipinski definition) is 2. The van der Waals surface area contributed by atoms with Gasteiger partial charge in [-0.15, -0.1) is 11.8 Å². The molecule has 0 saturated carbocycles. The van der Waals surface area contributed by atoms with Gasteiger partial charge in [-0.3, -0.25) is 4.79 Å². The molecule has 0 radical (unpaired) electrons. The largest absolute Gasteiger partial charge is 0.481 e. The van der Waals surface area contributed by atoms with E-state index in [4.69, 9.17) is 10.2 Å². The Bertz CT molecular complexity index is 308. The maximum atomic E-state index is 10.3. The molecule has 0 heterocycles. The highest BCUT2D eigenvalue weighted by atomic mass is 32.2. The Hall–Kier alpha value is -1.00. The molecule has 3 nitrogen and oxygen atoms in total. The quantitative estimate of drug-likeness (QED) is 0.576. The minimum atomic E-state index is -0.744. The van der Waals surface area contributed by atoms with Crippen LogP contribution in [0.25, 0.3) is 0 Å². The fraction of sp³-hybridized carbons (Fsp3) is 0.364. The molecule has 1 rings (SSSR count). The van der Waals surface area contributed by atoms with Crippen LogP contribution in [0.1, 0.15) is 18.4 Å². The molecule has 0 aromatic heterocycles. The van der Waals surface area contributed by atoms with E-state index in [9.17, 15) is 4.79 Å². The summed E-state index contributed by atoms with van der Waals surface area (Å²) in [6, 6.07) is 7.63. The first kappa shape index (κ1) is 12.1. The Morgan fingerprint density at radius 3 is 2.47 bits per heavy atom. The summed E-state index contributed by atoms with van der Waals surface area (Å²) in [5, 5.41) is 17.3. The van der Waals surface area contributed by atoms with Gasteiger partial charge >= 0.3 is 5.97 Å². The molecule has 0 bridgehead atoms. The number of thioether (sulfide) groups is 1. The van der Waals surface area contributed by atoms with Gasteiger partial charge < -0.3 is 10.2 Å². The van der Waals surface area contributed by atoms with E-state index in [0.717, 1.165) is 16.2 Å². The van der Waals surface area contributed by atoms with Crippen molar-refractivity contribution in [1.82, 2.24) is 0 Å². The minimum Gasteiger partial charge on any atom is -0.481 e. The summed E-state index contributed by atoms with van der Waals surface area (Å²) < 4.78 is 0. The molecule has 1 aromatic rings. The van der Waals surface area contributed by atoms with Gasteiger partial charge in [-0.1, -0.05) is 12.1 Å². The van der Waals surface area contributed by atoms with Crippen LogP contribution in [0.5, 0.6) is 0 Å². The van der Waals surface area contributed by atoms with Crippen LogP contribution in [0.4, 0.5) is 0 Å². The summed E-state index contributed by atoms with van der Waals surface area (Å²) in [7, 11) is 0. The van der Waals surface area contributed by atoms with Gasteiger partial charge in [0.05, 0.1) is 6.61 Å². The van der Waals surface area contributed by atoms with Gasteiger partial charge in [0.15, 0.2) is 0 Å². The number of benzene rings is 1. The molecule has 82 valence electrons. The molecule has 1 aromatic carbocycles. The van der Waals surface area contributed by atoms with Crippen molar-refractivity contribution in [2.24, 2.45) is 0 Å². The zero-order valence-corrected chi connectivity index (χ0v) is 9.17. The number of carbonyl (C=O) groups is 1. The highest BCUT2D eigenvalue weighted by Crippen LogP contribution is 2.19. The maximum absolute atomic E-state index is 10.3. The first-order valence-electron chi connectivity index (χ1n) is 4.77. The first-order valence-corrected chi connectivity index (χ1v) is 5.75. The molecule has 15 heavy (non-hydrogen) atoms. The van der Waals surface area contributed by atoms with Crippen molar-refractivity contribution in [3.63, 3.8) is 0 Å². The second-order valence-corrected chi connectivity index (χ2v) is 4.32. The predicted molar refractivity (Wildman–Crippen MR) is 60.0 cm³/mol. The molecule has 0 amide bonds. The number of aliphatic carboxylic acids is 1. The normalized spacial score (nSPS) is 10.2. The van der Waals surface area contributed by atoms with Crippen molar-refractivity contribution >= 4 is 17.7 Å². The highest BCUT2D eigenvalue weighted by molar-refractivity contribution is 7.99. The molecule has 0 unspecified atom stereocenters. The van der Waals surface area contributed by atoms with E-state index in [1.807, 2.05) is 24.3 Å². The zero-order chi connectivity index (χ0) is 11.1. The Balaban J connectivity index is 2.28. The Kier molecular flexibility index (Phi) is 5.21. The molecule has 0 aliphatic rings. The number of rotatable bonds is 6. The molecule has 0 atom stereocenters. The van der Waals surface area contributed by atoms with Gasteiger partial charge in [-0.25, -0.2) is 0 Å². The Morgan fingerprint density at radius 1 is 1.27 bits per heavy atom. The number of carboxylic acids is 1. The van der Waals surface area contributed by atoms with Gasteiger partial charge in [-0.05, 0) is 29.9 Å². The van der Waals surface area contributed by atoms with Gasteiger partial charge in [0.25, 0.3) is 0 Å². The summed E-state index contributed by atoms with van der Waals surface area (Å²) in [5.41, 5.74) is 0.893. The van der Waals surface area contributed by atoms with Gasteiger partial charge in [-0.2, -0.15) is 0 Å². The van der Waals surface area contributed by atoms with Crippen molar-refractivity contribution in [3.05, 3.63) is 29.8 Å².